The van der Waals surface area contributed by atoms with E-state index in [9.17, 15) is 0 Å². The Morgan fingerprint density at radius 3 is 2.09 bits per heavy atom. The molecule has 4 saturated carbocycles. The van der Waals surface area contributed by atoms with Gasteiger partial charge in [-0.25, -0.2) is 0 Å². The van der Waals surface area contributed by atoms with Crippen molar-refractivity contribution in [2.24, 2.45) is 23.2 Å². The lowest BCUT2D eigenvalue weighted by Crippen LogP contribution is -2.54. The van der Waals surface area contributed by atoms with Crippen LogP contribution in [0.5, 0.6) is 0 Å². The summed E-state index contributed by atoms with van der Waals surface area (Å²) >= 11 is 0. The van der Waals surface area contributed by atoms with Gasteiger partial charge >= 0.3 is 0 Å². The van der Waals surface area contributed by atoms with Crippen LogP contribution >= 0.6 is 0 Å². The second-order valence-electron chi connectivity index (χ2n) is 10.8. The van der Waals surface area contributed by atoms with E-state index in [0.29, 0.717) is 18.0 Å². The van der Waals surface area contributed by atoms with E-state index in [1.54, 1.807) is 0 Å². The first-order chi connectivity index (χ1) is 15.7. The Morgan fingerprint density at radius 1 is 0.875 bits per heavy atom. The summed E-state index contributed by atoms with van der Waals surface area (Å²) in [5.41, 5.74) is 4.94. The number of hydrogen-bond acceptors (Lipinski definition) is 3. The fourth-order valence-corrected chi connectivity index (χ4v) is 7.31. The van der Waals surface area contributed by atoms with E-state index in [-0.39, 0.29) is 0 Å². The predicted octanol–water partition coefficient (Wildman–Crippen LogP) is 5.69. The average Bonchev–Trinajstić information content (AvgIpc) is 3.20. The molecular weight excluding hydrogens is 392 g/mol. The van der Waals surface area contributed by atoms with Crippen molar-refractivity contribution < 1.29 is 0 Å². The molecule has 4 nitrogen and oxygen atoms in total. The fourth-order valence-electron chi connectivity index (χ4n) is 7.31. The summed E-state index contributed by atoms with van der Waals surface area (Å²) in [7, 11) is 0. The van der Waals surface area contributed by atoms with Crippen molar-refractivity contribution in [3.05, 3.63) is 71.9 Å². The molecule has 166 valence electrons. The van der Waals surface area contributed by atoms with Gasteiger partial charge in [-0.05, 0) is 74.2 Å². The number of nitrogens with zero attached hydrogens (tertiary/aromatic N) is 3. The van der Waals surface area contributed by atoms with Gasteiger partial charge in [0.05, 0.1) is 6.54 Å². The molecule has 0 aliphatic heterocycles. The third-order valence-corrected chi connectivity index (χ3v) is 8.52. The Labute approximate surface area is 191 Å². The maximum absolute atomic E-state index is 4.94. The van der Waals surface area contributed by atoms with Crippen LogP contribution in [0.25, 0.3) is 11.3 Å². The summed E-state index contributed by atoms with van der Waals surface area (Å²) in [6.07, 6.45) is 8.78. The molecule has 7 rings (SSSR count). The maximum atomic E-state index is 4.94. The van der Waals surface area contributed by atoms with Crippen molar-refractivity contribution >= 4 is 0 Å². The van der Waals surface area contributed by atoms with E-state index in [0.717, 1.165) is 41.2 Å². The Bertz CT molecular complexity index is 1020. The van der Waals surface area contributed by atoms with Gasteiger partial charge in [0.25, 0.3) is 0 Å². The molecule has 4 aliphatic carbocycles. The van der Waals surface area contributed by atoms with Gasteiger partial charge in [0.2, 0.25) is 0 Å². The van der Waals surface area contributed by atoms with Crippen LogP contribution in [0.2, 0.25) is 0 Å². The molecule has 0 saturated heterocycles. The standard InChI is InChI=1S/C28H34N4/c1-20(28-15-22-12-23(16-28)14-24(13-22)17-28)29-18-26-27(25-10-6-3-7-11-25)31-32(30-26)19-21-8-4-2-5-9-21/h2-11,20,22-24,29H,12-19H2,1H3/t20-,22?,23?,24?,28?/m0/s1. The minimum atomic E-state index is 0.502. The van der Waals surface area contributed by atoms with Crippen LogP contribution in [0, 0.1) is 23.2 Å². The van der Waals surface area contributed by atoms with E-state index in [2.05, 4.69) is 72.9 Å². The molecule has 0 radical (unpaired) electrons. The number of rotatable bonds is 7. The van der Waals surface area contributed by atoms with E-state index in [1.807, 2.05) is 4.80 Å². The highest BCUT2D eigenvalue weighted by atomic mass is 15.5. The van der Waals surface area contributed by atoms with Gasteiger partial charge in [-0.15, -0.1) is 0 Å². The molecule has 2 aromatic carbocycles. The highest BCUT2D eigenvalue weighted by Gasteiger charge is 2.52. The third kappa shape index (κ3) is 3.79. The van der Waals surface area contributed by atoms with Gasteiger partial charge in [-0.2, -0.15) is 15.0 Å². The molecule has 0 amide bonds. The molecule has 0 spiro atoms. The van der Waals surface area contributed by atoms with E-state index in [1.165, 1.54) is 44.1 Å². The van der Waals surface area contributed by atoms with Crippen LogP contribution in [0.3, 0.4) is 0 Å². The van der Waals surface area contributed by atoms with Crippen LogP contribution in [0.1, 0.15) is 56.7 Å². The molecule has 1 heterocycles. The zero-order chi connectivity index (χ0) is 21.5. The van der Waals surface area contributed by atoms with E-state index in [4.69, 9.17) is 10.2 Å². The lowest BCUT2D eigenvalue weighted by Gasteiger charge is -2.59. The second-order valence-corrected chi connectivity index (χ2v) is 10.8. The van der Waals surface area contributed by atoms with Gasteiger partial charge in [0, 0.05) is 18.2 Å². The quantitative estimate of drug-likeness (QED) is 0.528. The highest BCUT2D eigenvalue weighted by Crippen LogP contribution is 2.61. The van der Waals surface area contributed by atoms with Gasteiger partial charge in [0.15, 0.2) is 0 Å². The average molecular weight is 427 g/mol. The first kappa shape index (κ1) is 20.2. The molecule has 1 atom stereocenters. The number of benzene rings is 2. The highest BCUT2D eigenvalue weighted by molar-refractivity contribution is 5.60. The van der Waals surface area contributed by atoms with Crippen LogP contribution < -0.4 is 5.32 Å². The molecule has 0 unspecified atom stereocenters. The van der Waals surface area contributed by atoms with E-state index >= 15 is 0 Å². The predicted molar refractivity (Wildman–Crippen MR) is 128 cm³/mol. The molecule has 1 N–H and O–H groups in total. The number of hydrogen-bond donors (Lipinski definition) is 1. The van der Waals surface area contributed by atoms with Crippen LogP contribution in [0.15, 0.2) is 60.7 Å². The molecule has 4 aliphatic rings. The molecule has 3 aromatic rings. The summed E-state index contributed by atoms with van der Waals surface area (Å²) in [4.78, 5) is 1.87. The zero-order valence-corrected chi connectivity index (χ0v) is 19.1. The summed E-state index contributed by atoms with van der Waals surface area (Å²) in [6, 6.07) is 21.5. The summed E-state index contributed by atoms with van der Waals surface area (Å²) in [5, 5.41) is 13.8. The number of nitrogens with one attached hydrogen (secondary N) is 1. The van der Waals surface area contributed by atoms with Gasteiger partial charge in [-0.1, -0.05) is 60.7 Å². The minimum Gasteiger partial charge on any atom is -0.308 e. The van der Waals surface area contributed by atoms with Gasteiger partial charge in [0.1, 0.15) is 11.4 Å². The Kier molecular flexibility index (Phi) is 5.14. The summed E-state index contributed by atoms with van der Waals surface area (Å²) in [5.74, 6) is 2.95. The third-order valence-electron chi connectivity index (χ3n) is 8.52. The zero-order valence-electron chi connectivity index (χ0n) is 19.1. The number of aromatic nitrogens is 3. The molecular formula is C28H34N4. The minimum absolute atomic E-state index is 0.502. The lowest BCUT2D eigenvalue weighted by atomic mass is 9.48. The largest absolute Gasteiger partial charge is 0.308 e. The van der Waals surface area contributed by atoms with Crippen molar-refractivity contribution in [3.63, 3.8) is 0 Å². The van der Waals surface area contributed by atoms with E-state index < -0.39 is 0 Å². The first-order valence-corrected chi connectivity index (χ1v) is 12.4. The Hall–Kier alpha value is -2.46. The summed E-state index contributed by atoms with van der Waals surface area (Å²) < 4.78 is 0. The van der Waals surface area contributed by atoms with Gasteiger partial charge < -0.3 is 5.32 Å². The normalized spacial score (nSPS) is 29.3. The molecule has 32 heavy (non-hydrogen) atoms. The van der Waals surface area contributed by atoms with Crippen molar-refractivity contribution in [1.29, 1.82) is 0 Å². The molecule has 4 heteroatoms. The van der Waals surface area contributed by atoms with Crippen molar-refractivity contribution in [1.82, 2.24) is 20.3 Å². The van der Waals surface area contributed by atoms with Crippen LogP contribution in [-0.4, -0.2) is 21.0 Å². The SMILES string of the molecule is C[C@H](NCc1nn(Cc2ccccc2)nc1-c1ccccc1)C12CC3CC(CC(C3)C1)C2. The topological polar surface area (TPSA) is 42.7 Å². The van der Waals surface area contributed by atoms with Crippen LogP contribution in [0.4, 0.5) is 0 Å². The molecule has 4 fully saturated rings. The Morgan fingerprint density at radius 2 is 1.47 bits per heavy atom. The Balaban J connectivity index is 1.23. The summed E-state index contributed by atoms with van der Waals surface area (Å²) in [6.45, 7) is 3.91. The van der Waals surface area contributed by atoms with Gasteiger partial charge in [-0.3, -0.25) is 0 Å². The molecule has 4 bridgehead atoms. The van der Waals surface area contributed by atoms with Crippen LogP contribution in [-0.2, 0) is 13.1 Å². The maximum Gasteiger partial charge on any atom is 0.117 e. The van der Waals surface area contributed by atoms with Crippen molar-refractivity contribution in [3.8, 4) is 11.3 Å². The molecule has 1 aromatic heterocycles. The monoisotopic (exact) mass is 426 g/mol. The first-order valence-electron chi connectivity index (χ1n) is 12.4. The smallest absolute Gasteiger partial charge is 0.117 e. The second kappa shape index (κ2) is 8.15. The fraction of sp³-hybridized carbons (Fsp3) is 0.500. The van der Waals surface area contributed by atoms with Crippen molar-refractivity contribution in [2.45, 2.75) is 64.6 Å². The lowest BCUT2D eigenvalue weighted by molar-refractivity contribution is -0.0707. The van der Waals surface area contributed by atoms with Crippen molar-refractivity contribution in [2.75, 3.05) is 0 Å².